The molecule has 0 amide bonds. The number of rotatable bonds is 0. The Morgan fingerprint density at radius 3 is 2.84 bits per heavy atom. The topological polar surface area (TPSA) is 30.0 Å². The highest BCUT2D eigenvalue weighted by molar-refractivity contribution is 9.10. The van der Waals surface area contributed by atoms with E-state index in [-0.39, 0.29) is 12.4 Å². The van der Waals surface area contributed by atoms with Gasteiger partial charge in [0.25, 0.3) is 0 Å². The Hall–Kier alpha value is -0.370. The maximum atomic E-state index is 12.3. The summed E-state index contributed by atoms with van der Waals surface area (Å²) in [6, 6.07) is 6.18. The Morgan fingerprint density at radius 2 is 2.11 bits per heavy atom. The molecule has 19 heavy (non-hydrogen) atoms. The monoisotopic (exact) mass is 359 g/mol. The fourth-order valence-electron chi connectivity index (χ4n) is 2.67. The van der Waals surface area contributed by atoms with E-state index < -0.39 is 7.14 Å². The van der Waals surface area contributed by atoms with Gasteiger partial charge in [-0.2, -0.15) is 0 Å². The van der Waals surface area contributed by atoms with E-state index >= 15 is 0 Å². The van der Waals surface area contributed by atoms with Crippen LogP contribution in [-0.4, -0.2) is 17.8 Å². The fraction of sp³-hybridized carbons (Fsp3) is 0.357. The molecule has 0 bridgehead atoms. The van der Waals surface area contributed by atoms with Gasteiger partial charge in [0.2, 0.25) is 0 Å². The third-order valence-corrected chi connectivity index (χ3v) is 6.38. The van der Waals surface area contributed by atoms with Gasteiger partial charge in [0.1, 0.15) is 0 Å². The summed E-state index contributed by atoms with van der Waals surface area (Å²) in [5, 5.41) is 1.17. The summed E-state index contributed by atoms with van der Waals surface area (Å²) in [6.45, 7) is 4.04. The summed E-state index contributed by atoms with van der Waals surface area (Å²) in [6.07, 6.45) is 2.37. The van der Waals surface area contributed by atoms with Gasteiger partial charge in [-0.05, 0) is 49.3 Å². The van der Waals surface area contributed by atoms with Crippen molar-refractivity contribution in [3.8, 4) is 0 Å². The molecule has 1 aliphatic rings. The van der Waals surface area contributed by atoms with Gasteiger partial charge in [0, 0.05) is 27.9 Å². The van der Waals surface area contributed by atoms with Gasteiger partial charge >= 0.3 is 0 Å². The standard InChI is InChI=1S/C14H15BrNOP.ClH/c1-9-11-7-10(15)3-4-13(11)16-14-5-6-18(2,17)8-12(9)14;/h3-4,7H,5-6,8H2,1-2H3;1H. The fourth-order valence-corrected chi connectivity index (χ4v) is 4.96. The van der Waals surface area contributed by atoms with E-state index in [9.17, 15) is 4.57 Å². The first-order chi connectivity index (χ1) is 8.46. The molecule has 0 spiro atoms. The second-order valence-electron chi connectivity index (χ2n) is 5.25. The first kappa shape index (κ1) is 15.0. The van der Waals surface area contributed by atoms with Gasteiger partial charge in [-0.3, -0.25) is 4.98 Å². The molecule has 1 aromatic carbocycles. The number of halogens is 2. The maximum absolute atomic E-state index is 12.3. The summed E-state index contributed by atoms with van der Waals surface area (Å²) < 4.78 is 13.4. The van der Waals surface area contributed by atoms with Gasteiger partial charge in [0.05, 0.1) is 12.7 Å². The average Bonchev–Trinajstić information content (AvgIpc) is 2.31. The first-order valence-electron chi connectivity index (χ1n) is 6.09. The molecule has 0 saturated heterocycles. The molecule has 0 N–H and O–H groups in total. The second kappa shape index (κ2) is 5.20. The van der Waals surface area contributed by atoms with Gasteiger partial charge < -0.3 is 4.57 Å². The normalized spacial score (nSPS) is 21.8. The Balaban J connectivity index is 0.00000133. The van der Waals surface area contributed by atoms with Crippen LogP contribution >= 0.6 is 35.5 Å². The van der Waals surface area contributed by atoms with E-state index in [0.717, 1.165) is 28.3 Å². The Labute approximate surface area is 127 Å². The van der Waals surface area contributed by atoms with Crippen LogP contribution in [0.4, 0.5) is 0 Å². The van der Waals surface area contributed by atoms with E-state index in [1.807, 2.05) is 18.8 Å². The smallest absolute Gasteiger partial charge is 0.0894 e. The SMILES string of the molecule is Cc1c2c(nc3ccc(Br)cc13)CCP(C)(=O)C2.Cl. The molecular formula is C14H16BrClNOP. The molecular weight excluding hydrogens is 344 g/mol. The van der Waals surface area contributed by atoms with E-state index in [2.05, 4.69) is 28.9 Å². The predicted octanol–water partition coefficient (Wildman–Crippen LogP) is 4.78. The lowest BCUT2D eigenvalue weighted by molar-refractivity contribution is 0.574. The van der Waals surface area contributed by atoms with Gasteiger partial charge in [-0.15, -0.1) is 12.4 Å². The van der Waals surface area contributed by atoms with Crippen LogP contribution in [0.15, 0.2) is 22.7 Å². The minimum atomic E-state index is -1.99. The zero-order valence-electron chi connectivity index (χ0n) is 10.9. The second-order valence-corrected chi connectivity index (χ2v) is 9.52. The summed E-state index contributed by atoms with van der Waals surface area (Å²) in [5.41, 5.74) is 4.66. The molecule has 2 nitrogen and oxygen atoms in total. The molecule has 5 heteroatoms. The van der Waals surface area contributed by atoms with Crippen molar-refractivity contribution in [1.29, 1.82) is 0 Å². The van der Waals surface area contributed by atoms with Crippen molar-refractivity contribution in [3.63, 3.8) is 0 Å². The molecule has 0 radical (unpaired) electrons. The zero-order chi connectivity index (χ0) is 12.9. The molecule has 1 aliphatic heterocycles. The lowest BCUT2D eigenvalue weighted by Gasteiger charge is -2.24. The summed E-state index contributed by atoms with van der Waals surface area (Å²) in [5.74, 6) is 0. The Morgan fingerprint density at radius 1 is 1.37 bits per heavy atom. The zero-order valence-corrected chi connectivity index (χ0v) is 14.2. The first-order valence-corrected chi connectivity index (χ1v) is 9.41. The van der Waals surface area contributed by atoms with Crippen LogP contribution in [0.3, 0.4) is 0 Å². The predicted molar refractivity (Wildman–Crippen MR) is 87.2 cm³/mol. The number of benzene rings is 1. The third-order valence-electron chi connectivity index (χ3n) is 3.73. The molecule has 0 aliphatic carbocycles. The molecule has 1 atom stereocenters. The number of nitrogens with zero attached hydrogens (tertiary/aromatic N) is 1. The van der Waals surface area contributed by atoms with Crippen molar-refractivity contribution in [2.24, 2.45) is 0 Å². The van der Waals surface area contributed by atoms with Gasteiger partial charge in [-0.25, -0.2) is 0 Å². The van der Waals surface area contributed by atoms with Crippen LogP contribution in [-0.2, 0) is 17.1 Å². The van der Waals surface area contributed by atoms with Crippen molar-refractivity contribution in [2.45, 2.75) is 19.5 Å². The van der Waals surface area contributed by atoms with Crippen LogP contribution in [0.25, 0.3) is 10.9 Å². The summed E-state index contributed by atoms with van der Waals surface area (Å²) >= 11 is 3.50. The Kier molecular flexibility index (Phi) is 4.11. The third kappa shape index (κ3) is 2.74. The number of fused-ring (bicyclic) bond motifs is 2. The molecule has 1 unspecified atom stereocenters. The lowest BCUT2D eigenvalue weighted by atomic mass is 10.0. The van der Waals surface area contributed by atoms with Crippen molar-refractivity contribution >= 4 is 46.4 Å². The lowest BCUT2D eigenvalue weighted by Crippen LogP contribution is -2.11. The number of aromatic nitrogens is 1. The van der Waals surface area contributed by atoms with Crippen LogP contribution in [0, 0.1) is 6.92 Å². The summed E-state index contributed by atoms with van der Waals surface area (Å²) in [7, 11) is -1.99. The molecule has 2 heterocycles. The van der Waals surface area contributed by atoms with Crippen molar-refractivity contribution in [2.75, 3.05) is 12.8 Å². The van der Waals surface area contributed by atoms with E-state index in [1.54, 1.807) is 0 Å². The largest absolute Gasteiger partial charge is 0.323 e. The van der Waals surface area contributed by atoms with Gasteiger partial charge in [0.15, 0.2) is 0 Å². The molecule has 1 aromatic heterocycles. The highest BCUT2D eigenvalue weighted by Crippen LogP contribution is 2.50. The van der Waals surface area contributed by atoms with Crippen molar-refractivity contribution < 1.29 is 4.57 Å². The number of hydrogen-bond donors (Lipinski definition) is 0. The highest BCUT2D eigenvalue weighted by atomic mass is 79.9. The summed E-state index contributed by atoms with van der Waals surface area (Å²) in [4.78, 5) is 4.74. The number of aryl methyl sites for hydroxylation is 2. The van der Waals surface area contributed by atoms with Crippen molar-refractivity contribution in [3.05, 3.63) is 39.5 Å². The van der Waals surface area contributed by atoms with E-state index in [0.29, 0.717) is 6.16 Å². The number of pyridine rings is 1. The molecule has 3 rings (SSSR count). The molecule has 0 fully saturated rings. The van der Waals surface area contributed by atoms with E-state index in [4.69, 9.17) is 4.98 Å². The molecule has 0 saturated carbocycles. The maximum Gasteiger partial charge on any atom is 0.0894 e. The van der Waals surface area contributed by atoms with E-state index in [1.165, 1.54) is 16.5 Å². The molecule has 2 aromatic rings. The quantitative estimate of drug-likeness (QED) is 0.633. The van der Waals surface area contributed by atoms with Crippen LogP contribution < -0.4 is 0 Å². The number of hydrogen-bond acceptors (Lipinski definition) is 2. The Bertz CT molecular complexity index is 701. The average molecular weight is 361 g/mol. The molecule has 102 valence electrons. The van der Waals surface area contributed by atoms with Crippen LogP contribution in [0.1, 0.15) is 16.8 Å². The van der Waals surface area contributed by atoms with Crippen LogP contribution in [0.5, 0.6) is 0 Å². The minimum absolute atomic E-state index is 0. The van der Waals surface area contributed by atoms with Crippen molar-refractivity contribution in [1.82, 2.24) is 4.98 Å². The highest BCUT2D eigenvalue weighted by Gasteiger charge is 2.26. The van der Waals surface area contributed by atoms with Crippen LogP contribution in [0.2, 0.25) is 0 Å². The minimum Gasteiger partial charge on any atom is -0.323 e. The van der Waals surface area contributed by atoms with Gasteiger partial charge in [-0.1, -0.05) is 15.9 Å².